The summed E-state index contributed by atoms with van der Waals surface area (Å²) in [4.78, 5) is 34.7. The molecule has 2 fully saturated rings. The number of aliphatic hydroxyl groups is 3. The number of benzene rings is 1. The summed E-state index contributed by atoms with van der Waals surface area (Å²) in [5.74, 6) is -0.554. The first-order chi connectivity index (χ1) is 27.3. The highest BCUT2D eigenvalue weighted by Crippen LogP contribution is 2.62. The summed E-state index contributed by atoms with van der Waals surface area (Å²) in [6, 6.07) is 4.79. The van der Waals surface area contributed by atoms with Crippen LogP contribution in [0.2, 0.25) is 0 Å². The van der Waals surface area contributed by atoms with Gasteiger partial charge in [-0.15, -0.1) is 6.58 Å². The lowest BCUT2D eigenvalue weighted by atomic mass is 9.55. The predicted molar refractivity (Wildman–Crippen MR) is 212 cm³/mol. The fourth-order valence-corrected chi connectivity index (χ4v) is 9.66. The molecule has 2 saturated carbocycles. The standard InChI is InChI=1S/C43H65N3O10/c1-4-24-54-43-38(46(20-25-53-26-23-49)39(50)19-16-30-12-6-7-13-30)29-36(45-52-3)34-27-31(14-8-10-21-47)33(15-9-11-22-48)40(41(34)43)35-28-32(17-18-37(35)56-43)55-42(51)44-5-2/h4,17-18,27-28,30-31,33,38,40-41,47-49H,1,5-16,19-26,29H2,2-3H3,(H,44,51). The fourth-order valence-electron chi connectivity index (χ4n) is 9.66. The smallest absolute Gasteiger partial charge is 0.412 e. The lowest BCUT2D eigenvalue weighted by Gasteiger charge is -2.60. The molecule has 1 aromatic rings. The molecule has 0 saturated heterocycles. The summed E-state index contributed by atoms with van der Waals surface area (Å²) in [6.45, 7) is 7.07. The van der Waals surface area contributed by atoms with Crippen molar-refractivity contribution in [3.8, 4) is 11.5 Å². The number of amides is 2. The molecule has 13 nitrogen and oxygen atoms in total. The maximum Gasteiger partial charge on any atom is 0.412 e. The second-order valence-corrected chi connectivity index (χ2v) is 15.5. The maximum atomic E-state index is 14.7. The van der Waals surface area contributed by atoms with E-state index in [4.69, 9.17) is 23.8 Å². The first-order valence-electron chi connectivity index (χ1n) is 20.9. The minimum atomic E-state index is -1.39. The SMILES string of the molecule is C=CCOC12Oc3ccc(OC(=O)NCC)cc3C3C(CCCCO)C(CCCCO)C=C(C(=NOC)CC1N(CCOCCO)C(=O)CCC1CCCC1)C32. The van der Waals surface area contributed by atoms with E-state index in [0.29, 0.717) is 55.4 Å². The Bertz CT molecular complexity index is 1500. The van der Waals surface area contributed by atoms with Crippen molar-refractivity contribution in [2.45, 2.75) is 108 Å². The van der Waals surface area contributed by atoms with Crippen molar-refractivity contribution in [1.82, 2.24) is 10.2 Å². The van der Waals surface area contributed by atoms with Crippen LogP contribution in [-0.4, -0.2) is 110 Å². The fraction of sp³-hybridized carbons (Fsp3) is 0.698. The van der Waals surface area contributed by atoms with Crippen molar-refractivity contribution in [3.63, 3.8) is 0 Å². The summed E-state index contributed by atoms with van der Waals surface area (Å²) < 4.78 is 25.8. The van der Waals surface area contributed by atoms with Crippen LogP contribution in [0.15, 0.2) is 47.7 Å². The van der Waals surface area contributed by atoms with E-state index in [1.165, 1.54) is 20.0 Å². The topological polar surface area (TPSA) is 169 Å². The summed E-state index contributed by atoms with van der Waals surface area (Å²) in [5.41, 5.74) is 2.50. The molecule has 1 heterocycles. The number of fused-ring (bicyclic) bond motifs is 2. The quantitative estimate of drug-likeness (QED) is 0.0599. The highest BCUT2D eigenvalue weighted by atomic mass is 16.7. The second kappa shape index (κ2) is 21.9. The number of rotatable bonds is 23. The van der Waals surface area contributed by atoms with Gasteiger partial charge >= 0.3 is 6.09 Å². The van der Waals surface area contributed by atoms with Gasteiger partial charge in [-0.05, 0) is 80.6 Å². The van der Waals surface area contributed by atoms with Crippen LogP contribution in [-0.2, 0) is 19.1 Å². The zero-order valence-electron chi connectivity index (χ0n) is 33.5. The largest absolute Gasteiger partial charge is 0.459 e. The molecule has 0 spiro atoms. The van der Waals surface area contributed by atoms with Gasteiger partial charge in [-0.1, -0.05) is 55.8 Å². The van der Waals surface area contributed by atoms with Gasteiger partial charge in [-0.2, -0.15) is 0 Å². The van der Waals surface area contributed by atoms with E-state index >= 15 is 0 Å². The minimum absolute atomic E-state index is 0.0194. The second-order valence-electron chi connectivity index (χ2n) is 15.5. The zero-order chi connectivity index (χ0) is 39.9. The van der Waals surface area contributed by atoms with E-state index < -0.39 is 23.8 Å². The predicted octanol–water partition coefficient (Wildman–Crippen LogP) is 5.87. The summed E-state index contributed by atoms with van der Waals surface area (Å²) >= 11 is 0. The minimum Gasteiger partial charge on any atom is -0.459 e. The normalized spacial score (nSPS) is 26.1. The van der Waals surface area contributed by atoms with E-state index in [0.717, 1.165) is 56.1 Å². The third kappa shape index (κ3) is 10.3. The van der Waals surface area contributed by atoms with Crippen LogP contribution in [0.3, 0.4) is 0 Å². The number of oxime groups is 1. The lowest BCUT2D eigenvalue weighted by molar-refractivity contribution is -0.258. The molecule has 0 bridgehead atoms. The molecule has 4 N–H and O–H groups in total. The van der Waals surface area contributed by atoms with E-state index in [1.807, 2.05) is 24.0 Å². The Morgan fingerprint density at radius 1 is 1.05 bits per heavy atom. The highest BCUT2D eigenvalue weighted by Gasteiger charge is 2.65. The van der Waals surface area contributed by atoms with Gasteiger partial charge in [0.2, 0.25) is 11.7 Å². The van der Waals surface area contributed by atoms with E-state index in [-0.39, 0.29) is 69.8 Å². The van der Waals surface area contributed by atoms with E-state index in [1.54, 1.807) is 12.1 Å². The third-order valence-electron chi connectivity index (χ3n) is 12.0. The maximum absolute atomic E-state index is 14.7. The molecule has 2 amide bonds. The molecule has 1 aliphatic heterocycles. The average Bonchev–Trinajstić information content (AvgIpc) is 3.72. The number of carbonyl (C=O) groups excluding carboxylic acids is 2. The average molecular weight is 784 g/mol. The number of unbranched alkanes of at least 4 members (excludes halogenated alkanes) is 2. The van der Waals surface area contributed by atoms with Gasteiger partial charge in [0.05, 0.1) is 38.1 Å². The van der Waals surface area contributed by atoms with Crippen LogP contribution in [0.5, 0.6) is 11.5 Å². The number of allylic oxidation sites excluding steroid dienone is 1. The number of hydrogen-bond donors (Lipinski definition) is 4. The molecule has 3 aliphatic carbocycles. The lowest BCUT2D eigenvalue weighted by Crippen LogP contribution is -2.70. The molecular weight excluding hydrogens is 718 g/mol. The third-order valence-corrected chi connectivity index (χ3v) is 12.0. The number of nitrogens with one attached hydrogen (secondary N) is 1. The van der Waals surface area contributed by atoms with Crippen LogP contribution in [0.4, 0.5) is 4.79 Å². The number of nitrogens with zero attached hydrogens (tertiary/aromatic N) is 2. The van der Waals surface area contributed by atoms with Crippen LogP contribution in [0, 0.1) is 23.7 Å². The van der Waals surface area contributed by atoms with Gasteiger partial charge in [-0.25, -0.2) is 4.79 Å². The molecule has 56 heavy (non-hydrogen) atoms. The van der Waals surface area contributed by atoms with Gasteiger partial charge in [-0.3, -0.25) is 4.79 Å². The molecular formula is C43H65N3O10. The van der Waals surface area contributed by atoms with Crippen molar-refractivity contribution in [1.29, 1.82) is 0 Å². The van der Waals surface area contributed by atoms with Crippen molar-refractivity contribution >= 4 is 17.7 Å². The van der Waals surface area contributed by atoms with Crippen molar-refractivity contribution < 1.29 is 48.7 Å². The molecule has 6 unspecified atom stereocenters. The Morgan fingerprint density at radius 3 is 2.52 bits per heavy atom. The van der Waals surface area contributed by atoms with E-state index in [9.17, 15) is 24.9 Å². The van der Waals surface area contributed by atoms with Crippen molar-refractivity contribution in [2.75, 3.05) is 59.8 Å². The molecule has 6 atom stereocenters. The molecule has 4 aliphatic rings. The van der Waals surface area contributed by atoms with Gasteiger partial charge in [0, 0.05) is 50.6 Å². The Hall–Kier alpha value is -3.49. The Balaban J connectivity index is 1.71. The zero-order valence-corrected chi connectivity index (χ0v) is 33.5. The van der Waals surface area contributed by atoms with Gasteiger partial charge in [0.15, 0.2) is 0 Å². The first kappa shape index (κ1) is 43.6. The number of hydrogen-bond acceptors (Lipinski definition) is 11. The first-order valence-corrected chi connectivity index (χ1v) is 20.9. The van der Waals surface area contributed by atoms with Crippen molar-refractivity contribution in [3.05, 3.63) is 48.1 Å². The van der Waals surface area contributed by atoms with Gasteiger partial charge in [0.25, 0.3) is 0 Å². The number of carbonyl (C=O) groups is 2. The molecule has 5 rings (SSSR count). The Labute approximate surface area is 332 Å². The van der Waals surface area contributed by atoms with Crippen LogP contribution >= 0.6 is 0 Å². The van der Waals surface area contributed by atoms with Crippen molar-refractivity contribution in [2.24, 2.45) is 28.8 Å². The molecule has 13 heteroatoms. The van der Waals surface area contributed by atoms with Gasteiger partial charge < -0.3 is 49.3 Å². The summed E-state index contributed by atoms with van der Waals surface area (Å²) in [5, 5.41) is 36.5. The molecule has 0 radical (unpaired) electrons. The highest BCUT2D eigenvalue weighted by molar-refractivity contribution is 6.03. The Kier molecular flexibility index (Phi) is 17.0. The number of ether oxygens (including phenoxy) is 4. The van der Waals surface area contributed by atoms with Gasteiger partial charge in [0.1, 0.15) is 24.7 Å². The molecule has 312 valence electrons. The summed E-state index contributed by atoms with van der Waals surface area (Å²) in [6.07, 6.45) is 14.1. The Morgan fingerprint density at radius 2 is 1.82 bits per heavy atom. The van der Waals surface area contributed by atoms with Crippen LogP contribution in [0.25, 0.3) is 0 Å². The monoisotopic (exact) mass is 783 g/mol. The van der Waals surface area contributed by atoms with Crippen LogP contribution < -0.4 is 14.8 Å². The van der Waals surface area contributed by atoms with E-state index in [2.05, 4.69) is 23.1 Å². The summed E-state index contributed by atoms with van der Waals surface area (Å²) in [7, 11) is 1.53. The van der Waals surface area contributed by atoms with Crippen LogP contribution in [0.1, 0.15) is 102 Å². The number of aliphatic hydroxyl groups excluding tert-OH is 3. The molecule has 0 aromatic heterocycles. The molecule has 1 aromatic carbocycles.